The molecule has 1 aliphatic rings. The molecule has 0 saturated heterocycles. The van der Waals surface area contributed by atoms with E-state index in [9.17, 15) is 9.59 Å². The molecule has 1 aromatic rings. The van der Waals surface area contributed by atoms with Crippen LogP contribution in [0.25, 0.3) is 0 Å². The molecule has 0 radical (unpaired) electrons. The van der Waals surface area contributed by atoms with Crippen molar-refractivity contribution in [1.82, 2.24) is 10.6 Å². The van der Waals surface area contributed by atoms with Gasteiger partial charge in [0.25, 0.3) is 11.8 Å². The summed E-state index contributed by atoms with van der Waals surface area (Å²) in [6, 6.07) is 6.71. The number of carbonyl (C=O) groups excluding carboxylic acids is 2. The van der Waals surface area contributed by atoms with Gasteiger partial charge in [0, 0.05) is 30.8 Å². The van der Waals surface area contributed by atoms with Crippen LogP contribution in [-0.4, -0.2) is 31.4 Å². The zero-order chi connectivity index (χ0) is 13.8. The van der Waals surface area contributed by atoms with Crippen molar-refractivity contribution in [1.29, 1.82) is 0 Å². The summed E-state index contributed by atoms with van der Waals surface area (Å²) in [7, 11) is 1.56. The normalized spacial score (nSPS) is 15.7. The molecule has 0 aromatic heterocycles. The molecule has 2 rings (SSSR count). The van der Waals surface area contributed by atoms with Gasteiger partial charge in [-0.15, -0.1) is 0 Å². The SMILES string of the molecule is CNC(=O)c1cccc(C(=O)NC(CN)C2CC2)c1. The van der Waals surface area contributed by atoms with Gasteiger partial charge in [-0.1, -0.05) is 6.07 Å². The quantitative estimate of drug-likeness (QED) is 0.722. The molecule has 1 atom stereocenters. The lowest BCUT2D eigenvalue weighted by molar-refractivity contribution is 0.0933. The molecule has 5 nitrogen and oxygen atoms in total. The fourth-order valence-electron chi connectivity index (χ4n) is 2.07. The van der Waals surface area contributed by atoms with Crippen molar-refractivity contribution in [2.75, 3.05) is 13.6 Å². The molecule has 1 fully saturated rings. The van der Waals surface area contributed by atoms with Gasteiger partial charge in [-0.05, 0) is 37.0 Å². The van der Waals surface area contributed by atoms with E-state index in [0.29, 0.717) is 23.6 Å². The number of carbonyl (C=O) groups is 2. The van der Waals surface area contributed by atoms with Crippen LogP contribution in [0.15, 0.2) is 24.3 Å². The molecule has 0 aliphatic heterocycles. The Hall–Kier alpha value is -1.88. The first-order chi connectivity index (χ1) is 9.15. The largest absolute Gasteiger partial charge is 0.355 e. The Morgan fingerprint density at radius 3 is 2.47 bits per heavy atom. The van der Waals surface area contributed by atoms with Crippen molar-refractivity contribution < 1.29 is 9.59 Å². The van der Waals surface area contributed by atoms with Gasteiger partial charge < -0.3 is 16.4 Å². The highest BCUT2D eigenvalue weighted by atomic mass is 16.2. The van der Waals surface area contributed by atoms with Crippen LogP contribution in [0.2, 0.25) is 0 Å². The summed E-state index contributed by atoms with van der Waals surface area (Å²) in [5.74, 6) is 0.136. The predicted octanol–water partition coefficient (Wildman–Crippen LogP) is 0.513. The summed E-state index contributed by atoms with van der Waals surface area (Å²) in [5, 5.41) is 5.47. The number of hydrogen-bond donors (Lipinski definition) is 3. The number of nitrogens with one attached hydrogen (secondary N) is 2. The summed E-state index contributed by atoms with van der Waals surface area (Å²) in [5.41, 5.74) is 6.62. The first-order valence-electron chi connectivity index (χ1n) is 6.48. The molecule has 1 saturated carbocycles. The molecule has 1 unspecified atom stereocenters. The highest BCUT2D eigenvalue weighted by Gasteiger charge is 2.31. The van der Waals surface area contributed by atoms with Crippen LogP contribution in [0.5, 0.6) is 0 Å². The first-order valence-corrected chi connectivity index (χ1v) is 6.48. The molecule has 5 heteroatoms. The summed E-state index contributed by atoms with van der Waals surface area (Å²) >= 11 is 0. The molecule has 19 heavy (non-hydrogen) atoms. The van der Waals surface area contributed by atoms with E-state index in [1.807, 2.05) is 0 Å². The number of amides is 2. The molecule has 1 aliphatic carbocycles. The molecular weight excluding hydrogens is 242 g/mol. The minimum absolute atomic E-state index is 0.0381. The maximum Gasteiger partial charge on any atom is 0.251 e. The Bertz CT molecular complexity index is 483. The number of nitrogens with two attached hydrogens (primary N) is 1. The van der Waals surface area contributed by atoms with E-state index in [1.54, 1.807) is 31.3 Å². The second kappa shape index (κ2) is 5.84. The van der Waals surface area contributed by atoms with Crippen LogP contribution in [0.1, 0.15) is 33.6 Å². The van der Waals surface area contributed by atoms with Crippen molar-refractivity contribution in [3.8, 4) is 0 Å². The Labute approximate surface area is 112 Å². The van der Waals surface area contributed by atoms with E-state index in [0.717, 1.165) is 12.8 Å². The monoisotopic (exact) mass is 261 g/mol. The van der Waals surface area contributed by atoms with E-state index in [1.165, 1.54) is 0 Å². The average Bonchev–Trinajstić information content (AvgIpc) is 3.28. The van der Waals surface area contributed by atoms with Crippen molar-refractivity contribution in [3.05, 3.63) is 35.4 Å². The zero-order valence-corrected chi connectivity index (χ0v) is 11.0. The van der Waals surface area contributed by atoms with Crippen LogP contribution in [0, 0.1) is 5.92 Å². The van der Waals surface area contributed by atoms with Crippen molar-refractivity contribution in [3.63, 3.8) is 0 Å². The van der Waals surface area contributed by atoms with Gasteiger partial charge in [0.05, 0.1) is 0 Å². The maximum atomic E-state index is 12.1. The van der Waals surface area contributed by atoms with E-state index >= 15 is 0 Å². The fraction of sp³-hybridized carbons (Fsp3) is 0.429. The second-order valence-corrected chi connectivity index (χ2v) is 4.81. The van der Waals surface area contributed by atoms with Gasteiger partial charge in [0.1, 0.15) is 0 Å². The summed E-state index contributed by atoms with van der Waals surface area (Å²) in [4.78, 5) is 23.6. The first kappa shape index (κ1) is 13.5. The minimum atomic E-state index is -0.202. The van der Waals surface area contributed by atoms with Gasteiger partial charge in [-0.3, -0.25) is 9.59 Å². The van der Waals surface area contributed by atoms with E-state index in [4.69, 9.17) is 5.73 Å². The molecule has 4 N–H and O–H groups in total. The summed E-state index contributed by atoms with van der Waals surface area (Å²) in [6.07, 6.45) is 2.25. The lowest BCUT2D eigenvalue weighted by Gasteiger charge is -2.16. The third kappa shape index (κ3) is 3.32. The van der Waals surface area contributed by atoms with Crippen LogP contribution in [-0.2, 0) is 0 Å². The van der Waals surface area contributed by atoms with Crippen LogP contribution in [0.3, 0.4) is 0 Å². The zero-order valence-electron chi connectivity index (χ0n) is 11.0. The Balaban J connectivity index is 2.07. The van der Waals surface area contributed by atoms with Gasteiger partial charge in [-0.25, -0.2) is 0 Å². The summed E-state index contributed by atoms with van der Waals surface area (Å²) in [6.45, 7) is 0.450. The Morgan fingerprint density at radius 1 is 1.32 bits per heavy atom. The smallest absolute Gasteiger partial charge is 0.251 e. The van der Waals surface area contributed by atoms with Crippen molar-refractivity contribution >= 4 is 11.8 Å². The van der Waals surface area contributed by atoms with Crippen molar-refractivity contribution in [2.45, 2.75) is 18.9 Å². The van der Waals surface area contributed by atoms with E-state index in [2.05, 4.69) is 10.6 Å². The van der Waals surface area contributed by atoms with Gasteiger partial charge >= 0.3 is 0 Å². The third-order valence-corrected chi connectivity index (χ3v) is 3.38. The van der Waals surface area contributed by atoms with Gasteiger partial charge in [0.2, 0.25) is 0 Å². The highest BCUT2D eigenvalue weighted by Crippen LogP contribution is 2.32. The number of hydrogen-bond acceptors (Lipinski definition) is 3. The molecular formula is C14H19N3O2. The third-order valence-electron chi connectivity index (χ3n) is 3.38. The van der Waals surface area contributed by atoms with Gasteiger partial charge in [0.15, 0.2) is 0 Å². The van der Waals surface area contributed by atoms with E-state index < -0.39 is 0 Å². The lowest BCUT2D eigenvalue weighted by Crippen LogP contribution is -2.41. The Kier molecular flexibility index (Phi) is 4.16. The number of benzene rings is 1. The molecule has 0 heterocycles. The minimum Gasteiger partial charge on any atom is -0.355 e. The molecule has 102 valence electrons. The molecule has 1 aromatic carbocycles. The fourth-order valence-corrected chi connectivity index (χ4v) is 2.07. The molecule has 0 spiro atoms. The van der Waals surface area contributed by atoms with Crippen molar-refractivity contribution in [2.24, 2.45) is 11.7 Å². The Morgan fingerprint density at radius 2 is 1.95 bits per heavy atom. The van der Waals surface area contributed by atoms with Crippen LogP contribution >= 0.6 is 0 Å². The molecule has 2 amide bonds. The summed E-state index contributed by atoms with van der Waals surface area (Å²) < 4.78 is 0. The standard InChI is InChI=1S/C14H19N3O2/c1-16-13(18)10-3-2-4-11(7-10)14(19)17-12(8-15)9-5-6-9/h2-4,7,9,12H,5-6,8,15H2,1H3,(H,16,18)(H,17,19). The van der Waals surface area contributed by atoms with Crippen LogP contribution in [0.4, 0.5) is 0 Å². The average molecular weight is 261 g/mol. The second-order valence-electron chi connectivity index (χ2n) is 4.81. The lowest BCUT2D eigenvalue weighted by atomic mass is 10.1. The predicted molar refractivity (Wildman–Crippen MR) is 72.9 cm³/mol. The molecule has 0 bridgehead atoms. The van der Waals surface area contributed by atoms with Gasteiger partial charge in [-0.2, -0.15) is 0 Å². The topological polar surface area (TPSA) is 84.2 Å². The highest BCUT2D eigenvalue weighted by molar-refractivity contribution is 5.99. The van der Waals surface area contributed by atoms with E-state index in [-0.39, 0.29) is 17.9 Å². The number of rotatable bonds is 5. The van der Waals surface area contributed by atoms with Crippen LogP contribution < -0.4 is 16.4 Å². The maximum absolute atomic E-state index is 12.1.